The van der Waals surface area contributed by atoms with Crippen molar-refractivity contribution in [2.45, 2.75) is 5.38 Å². The smallest absolute Gasteiger partial charge is 0.337 e. The highest BCUT2D eigenvalue weighted by Crippen LogP contribution is 2.30. The Kier molecular flexibility index (Phi) is 3.40. The lowest BCUT2D eigenvalue weighted by molar-refractivity contribution is 0.0695. The minimum absolute atomic E-state index is 0.136. The van der Waals surface area contributed by atoms with Crippen molar-refractivity contribution >= 4 is 17.6 Å². The number of benzene rings is 1. The van der Waals surface area contributed by atoms with Gasteiger partial charge < -0.3 is 5.11 Å². The average Bonchev–Trinajstić information content (AvgIpc) is 2.39. The number of rotatable bonds is 3. The third-order valence-corrected chi connectivity index (χ3v) is 2.94. The van der Waals surface area contributed by atoms with Gasteiger partial charge >= 0.3 is 5.97 Å². The molecule has 2 aromatic rings. The van der Waals surface area contributed by atoms with Crippen molar-refractivity contribution in [3.8, 4) is 0 Å². The molecule has 3 nitrogen and oxygen atoms in total. The lowest BCUT2D eigenvalue weighted by Crippen LogP contribution is -2.05. The van der Waals surface area contributed by atoms with Crippen LogP contribution in [-0.4, -0.2) is 16.1 Å². The molecule has 4 heteroatoms. The maximum Gasteiger partial charge on any atom is 0.337 e. The van der Waals surface area contributed by atoms with Crippen molar-refractivity contribution in [3.05, 3.63) is 65.5 Å². The summed E-state index contributed by atoms with van der Waals surface area (Å²) in [6.07, 6.45) is 2.86. The summed E-state index contributed by atoms with van der Waals surface area (Å²) in [7, 11) is 0. The molecular weight excluding hydrogens is 238 g/mol. The minimum atomic E-state index is -1.02. The molecule has 1 unspecified atom stereocenters. The number of nitrogens with zero attached hydrogens (tertiary/aromatic N) is 1. The molecule has 0 aliphatic rings. The zero-order chi connectivity index (χ0) is 12.3. The van der Waals surface area contributed by atoms with E-state index in [0.29, 0.717) is 5.56 Å². The second-order valence-corrected chi connectivity index (χ2v) is 3.98. The molecule has 0 saturated heterocycles. The molecule has 1 atom stereocenters. The van der Waals surface area contributed by atoms with E-state index in [1.807, 2.05) is 30.3 Å². The minimum Gasteiger partial charge on any atom is -0.478 e. The summed E-state index contributed by atoms with van der Waals surface area (Å²) in [4.78, 5) is 14.9. The van der Waals surface area contributed by atoms with Crippen molar-refractivity contribution < 1.29 is 9.90 Å². The first kappa shape index (κ1) is 11.6. The molecule has 86 valence electrons. The van der Waals surface area contributed by atoms with Gasteiger partial charge in [0.15, 0.2) is 0 Å². The number of pyridine rings is 1. The fourth-order valence-corrected chi connectivity index (χ4v) is 1.94. The maximum atomic E-state index is 11.1. The van der Waals surface area contributed by atoms with Crippen molar-refractivity contribution in [1.82, 2.24) is 4.98 Å². The summed E-state index contributed by atoms with van der Waals surface area (Å²) in [6.45, 7) is 0. The third kappa shape index (κ3) is 2.45. The molecule has 0 aliphatic heterocycles. The van der Waals surface area contributed by atoms with Crippen LogP contribution in [0.3, 0.4) is 0 Å². The standard InChI is InChI=1S/C13H10ClNO2/c14-12(9-4-2-1-3-5-9)10-6-7-15-8-11(10)13(16)17/h1-8,12H,(H,16,17). The van der Waals surface area contributed by atoms with Crippen molar-refractivity contribution in [1.29, 1.82) is 0 Å². The van der Waals surface area contributed by atoms with Crippen LogP contribution in [0.15, 0.2) is 48.8 Å². The number of carboxylic acids is 1. The van der Waals surface area contributed by atoms with E-state index in [-0.39, 0.29) is 5.56 Å². The van der Waals surface area contributed by atoms with E-state index in [2.05, 4.69) is 4.98 Å². The Morgan fingerprint density at radius 1 is 1.24 bits per heavy atom. The largest absolute Gasteiger partial charge is 0.478 e. The summed E-state index contributed by atoms with van der Waals surface area (Å²) in [5, 5.41) is 8.58. The van der Waals surface area contributed by atoms with Gasteiger partial charge in [0.2, 0.25) is 0 Å². The van der Waals surface area contributed by atoms with Crippen molar-refractivity contribution in [2.24, 2.45) is 0 Å². The van der Waals surface area contributed by atoms with Crippen LogP contribution in [-0.2, 0) is 0 Å². The van der Waals surface area contributed by atoms with E-state index in [9.17, 15) is 4.79 Å². The number of hydrogen-bond donors (Lipinski definition) is 1. The maximum absolute atomic E-state index is 11.1. The Labute approximate surface area is 104 Å². The van der Waals surface area contributed by atoms with Gasteiger partial charge in [-0.2, -0.15) is 0 Å². The van der Waals surface area contributed by atoms with Crippen LogP contribution in [0.1, 0.15) is 26.9 Å². The van der Waals surface area contributed by atoms with Crippen LogP contribution in [0.2, 0.25) is 0 Å². The molecule has 17 heavy (non-hydrogen) atoms. The molecule has 1 aromatic carbocycles. The summed E-state index contributed by atoms with van der Waals surface area (Å²) in [5.41, 5.74) is 1.56. The van der Waals surface area contributed by atoms with E-state index in [1.165, 1.54) is 6.20 Å². The second kappa shape index (κ2) is 4.97. The fraction of sp³-hybridized carbons (Fsp3) is 0.0769. The van der Waals surface area contributed by atoms with Gasteiger partial charge in [-0.25, -0.2) is 4.79 Å². The molecule has 1 heterocycles. The Hall–Kier alpha value is -1.87. The van der Waals surface area contributed by atoms with E-state index in [4.69, 9.17) is 16.7 Å². The fourth-order valence-electron chi connectivity index (χ4n) is 1.61. The van der Waals surface area contributed by atoms with Gasteiger partial charge in [-0.15, -0.1) is 11.6 Å². The molecule has 1 N–H and O–H groups in total. The highest BCUT2D eigenvalue weighted by Gasteiger charge is 2.18. The first-order valence-electron chi connectivity index (χ1n) is 5.06. The normalized spacial score (nSPS) is 12.1. The molecule has 0 aliphatic carbocycles. The number of hydrogen-bond acceptors (Lipinski definition) is 2. The van der Waals surface area contributed by atoms with E-state index in [1.54, 1.807) is 12.3 Å². The van der Waals surface area contributed by atoms with Gasteiger partial charge in [0.1, 0.15) is 0 Å². The number of aromatic nitrogens is 1. The molecule has 0 bridgehead atoms. The predicted molar refractivity (Wildman–Crippen MR) is 65.3 cm³/mol. The number of halogens is 1. The molecule has 0 amide bonds. The Balaban J connectivity index is 2.44. The molecular formula is C13H10ClNO2. The van der Waals surface area contributed by atoms with E-state index >= 15 is 0 Å². The van der Waals surface area contributed by atoms with Gasteiger partial charge in [0, 0.05) is 12.4 Å². The van der Waals surface area contributed by atoms with Crippen LogP contribution in [0.5, 0.6) is 0 Å². The summed E-state index contributed by atoms with van der Waals surface area (Å²) in [5.74, 6) is -1.02. The zero-order valence-electron chi connectivity index (χ0n) is 8.88. The Morgan fingerprint density at radius 2 is 1.94 bits per heavy atom. The first-order chi connectivity index (χ1) is 8.20. The number of carboxylic acid groups (broad SMARTS) is 1. The summed E-state index contributed by atoms with van der Waals surface area (Å²) < 4.78 is 0. The highest BCUT2D eigenvalue weighted by atomic mass is 35.5. The number of aromatic carboxylic acids is 1. The molecule has 1 aromatic heterocycles. The van der Waals surface area contributed by atoms with Gasteiger partial charge in [0.25, 0.3) is 0 Å². The van der Waals surface area contributed by atoms with Crippen LogP contribution in [0, 0.1) is 0 Å². The summed E-state index contributed by atoms with van der Waals surface area (Å²) in [6, 6.07) is 11.0. The lowest BCUT2D eigenvalue weighted by Gasteiger charge is -2.12. The molecule has 0 spiro atoms. The van der Waals surface area contributed by atoms with Crippen LogP contribution >= 0.6 is 11.6 Å². The predicted octanol–water partition coefficient (Wildman–Crippen LogP) is 3.11. The molecule has 0 saturated carbocycles. The highest BCUT2D eigenvalue weighted by molar-refractivity contribution is 6.23. The summed E-state index contributed by atoms with van der Waals surface area (Å²) >= 11 is 6.29. The van der Waals surface area contributed by atoms with Crippen molar-refractivity contribution in [2.75, 3.05) is 0 Å². The monoisotopic (exact) mass is 247 g/mol. The van der Waals surface area contributed by atoms with Crippen molar-refractivity contribution in [3.63, 3.8) is 0 Å². The number of alkyl halides is 1. The topological polar surface area (TPSA) is 50.2 Å². The van der Waals surface area contributed by atoms with Crippen LogP contribution < -0.4 is 0 Å². The van der Waals surface area contributed by atoms with E-state index in [0.717, 1.165) is 5.56 Å². The first-order valence-corrected chi connectivity index (χ1v) is 5.50. The van der Waals surface area contributed by atoms with Gasteiger partial charge in [-0.05, 0) is 17.2 Å². The third-order valence-electron chi connectivity index (χ3n) is 2.45. The average molecular weight is 248 g/mol. The van der Waals surface area contributed by atoms with Gasteiger partial charge in [0.05, 0.1) is 10.9 Å². The molecule has 0 radical (unpaired) electrons. The Morgan fingerprint density at radius 3 is 2.59 bits per heavy atom. The van der Waals surface area contributed by atoms with Gasteiger partial charge in [-0.1, -0.05) is 30.3 Å². The molecule has 0 fully saturated rings. The zero-order valence-corrected chi connectivity index (χ0v) is 9.63. The SMILES string of the molecule is O=C(O)c1cnccc1C(Cl)c1ccccc1. The lowest BCUT2D eigenvalue weighted by atomic mass is 10.0. The quantitative estimate of drug-likeness (QED) is 0.848. The van der Waals surface area contributed by atoms with Crippen LogP contribution in [0.4, 0.5) is 0 Å². The van der Waals surface area contributed by atoms with E-state index < -0.39 is 11.3 Å². The Bertz CT molecular complexity index is 528. The second-order valence-electron chi connectivity index (χ2n) is 3.54. The molecule has 2 rings (SSSR count). The van der Waals surface area contributed by atoms with Crippen LogP contribution in [0.25, 0.3) is 0 Å². The van der Waals surface area contributed by atoms with Gasteiger partial charge in [-0.3, -0.25) is 4.98 Å². The number of carbonyl (C=O) groups is 1.